The zero-order valence-electron chi connectivity index (χ0n) is 18.9. The van der Waals surface area contributed by atoms with E-state index >= 15 is 0 Å². The molecule has 0 N–H and O–H groups in total. The molecule has 3 fully saturated rings. The van der Waals surface area contributed by atoms with E-state index in [0.717, 1.165) is 31.2 Å². The fourth-order valence-corrected chi connectivity index (χ4v) is 4.96. The summed E-state index contributed by atoms with van der Waals surface area (Å²) in [6.07, 6.45) is 4.59. The minimum absolute atomic E-state index is 0.0420. The van der Waals surface area contributed by atoms with Crippen molar-refractivity contribution in [2.24, 2.45) is 0 Å². The van der Waals surface area contributed by atoms with Gasteiger partial charge in [0.05, 0.1) is 0 Å². The first-order valence-electron chi connectivity index (χ1n) is 11.6. The molecule has 1 saturated carbocycles. The van der Waals surface area contributed by atoms with Crippen molar-refractivity contribution in [1.82, 2.24) is 10.1 Å². The van der Waals surface area contributed by atoms with Crippen LogP contribution in [-0.4, -0.2) is 45.9 Å². The summed E-state index contributed by atoms with van der Waals surface area (Å²) in [5.41, 5.74) is 1.32. The predicted octanol–water partition coefficient (Wildman–Crippen LogP) is 5.31. The maximum Gasteiger partial charge on any atom is 0.410 e. The van der Waals surface area contributed by atoms with Crippen LogP contribution in [0.1, 0.15) is 81.3 Å². The number of amides is 1. The molecule has 32 heavy (non-hydrogen) atoms. The Bertz CT molecular complexity index is 991. The normalized spacial score (nSPS) is 25.0. The quantitative estimate of drug-likeness (QED) is 0.602. The topological polar surface area (TPSA) is 81.9 Å². The van der Waals surface area contributed by atoms with E-state index in [0.29, 0.717) is 29.9 Å². The maximum atomic E-state index is 13.3. The SMILES string of the molecule is CC(C)(C)OC(=O)N1C2CCC1CC(OC(=O)c1c(-c3ccccc3)noc1C1CC1)C2. The highest BCUT2D eigenvalue weighted by atomic mass is 16.6. The molecule has 3 aliphatic rings. The Balaban J connectivity index is 1.32. The van der Waals surface area contributed by atoms with E-state index in [1.807, 2.05) is 56.0 Å². The van der Waals surface area contributed by atoms with Gasteiger partial charge in [0, 0.05) is 36.4 Å². The van der Waals surface area contributed by atoms with Crippen molar-refractivity contribution in [1.29, 1.82) is 0 Å². The first kappa shape index (κ1) is 21.0. The number of ether oxygens (including phenoxy) is 2. The van der Waals surface area contributed by atoms with Crippen molar-refractivity contribution in [3.63, 3.8) is 0 Å². The van der Waals surface area contributed by atoms with E-state index in [-0.39, 0.29) is 36.2 Å². The van der Waals surface area contributed by atoms with Gasteiger partial charge in [0.15, 0.2) is 5.76 Å². The maximum absolute atomic E-state index is 13.3. The Morgan fingerprint density at radius 3 is 2.28 bits per heavy atom. The summed E-state index contributed by atoms with van der Waals surface area (Å²) < 4.78 is 17.2. The zero-order chi connectivity index (χ0) is 22.5. The molecule has 2 aliphatic heterocycles. The molecule has 2 bridgehead atoms. The van der Waals surface area contributed by atoms with Gasteiger partial charge in [-0.2, -0.15) is 0 Å². The molecule has 170 valence electrons. The molecule has 1 aromatic carbocycles. The molecule has 7 heteroatoms. The van der Waals surface area contributed by atoms with E-state index in [4.69, 9.17) is 14.0 Å². The van der Waals surface area contributed by atoms with E-state index in [9.17, 15) is 9.59 Å². The van der Waals surface area contributed by atoms with E-state index in [1.165, 1.54) is 0 Å². The van der Waals surface area contributed by atoms with Crippen molar-refractivity contribution >= 4 is 12.1 Å². The van der Waals surface area contributed by atoms with Crippen LogP contribution in [0.25, 0.3) is 11.3 Å². The Kier molecular flexibility index (Phi) is 5.22. The second-order valence-corrected chi connectivity index (χ2v) is 10.2. The molecule has 2 unspecified atom stereocenters. The van der Waals surface area contributed by atoms with E-state index < -0.39 is 5.60 Å². The van der Waals surface area contributed by atoms with Gasteiger partial charge < -0.3 is 18.9 Å². The fraction of sp³-hybridized carbons (Fsp3) is 0.560. The fourth-order valence-electron chi connectivity index (χ4n) is 4.96. The molecule has 3 heterocycles. The van der Waals surface area contributed by atoms with Crippen LogP contribution in [0.4, 0.5) is 4.79 Å². The average Bonchev–Trinajstić information content (AvgIpc) is 3.42. The van der Waals surface area contributed by atoms with Crippen LogP contribution < -0.4 is 0 Å². The largest absolute Gasteiger partial charge is 0.458 e. The number of nitrogens with zero attached hydrogens (tertiary/aromatic N) is 2. The predicted molar refractivity (Wildman–Crippen MR) is 117 cm³/mol. The summed E-state index contributed by atoms with van der Waals surface area (Å²) in [7, 11) is 0. The summed E-state index contributed by atoms with van der Waals surface area (Å²) in [4.78, 5) is 27.9. The second-order valence-electron chi connectivity index (χ2n) is 10.2. The molecule has 1 aromatic heterocycles. The molecule has 7 nitrogen and oxygen atoms in total. The number of aromatic nitrogens is 1. The van der Waals surface area contributed by atoms with Crippen LogP contribution >= 0.6 is 0 Å². The van der Waals surface area contributed by atoms with Gasteiger partial charge in [-0.15, -0.1) is 0 Å². The molecule has 2 aromatic rings. The summed E-state index contributed by atoms with van der Waals surface area (Å²) in [5, 5.41) is 4.23. The number of fused-ring (bicyclic) bond motifs is 2. The second kappa shape index (κ2) is 7.94. The summed E-state index contributed by atoms with van der Waals surface area (Å²) in [6.45, 7) is 5.63. The molecule has 2 saturated heterocycles. The smallest absolute Gasteiger partial charge is 0.410 e. The van der Waals surface area contributed by atoms with Crippen molar-refractivity contribution < 1.29 is 23.6 Å². The van der Waals surface area contributed by atoms with Crippen molar-refractivity contribution in [2.75, 3.05) is 0 Å². The van der Waals surface area contributed by atoms with Crippen molar-refractivity contribution in [3.05, 3.63) is 41.7 Å². The molecule has 5 rings (SSSR count). The Hall–Kier alpha value is -2.83. The minimum Gasteiger partial charge on any atom is -0.458 e. The highest BCUT2D eigenvalue weighted by molar-refractivity contribution is 5.97. The van der Waals surface area contributed by atoms with Gasteiger partial charge in [0.2, 0.25) is 0 Å². The molecule has 0 radical (unpaired) electrons. The number of esters is 1. The third-order valence-corrected chi connectivity index (χ3v) is 6.49. The first-order chi connectivity index (χ1) is 15.3. The Labute approximate surface area is 188 Å². The van der Waals surface area contributed by atoms with E-state index in [1.54, 1.807) is 0 Å². The van der Waals surface area contributed by atoms with E-state index in [2.05, 4.69) is 5.16 Å². The van der Waals surface area contributed by atoms with Crippen LogP contribution in [0.3, 0.4) is 0 Å². The van der Waals surface area contributed by atoms with Crippen LogP contribution in [0.5, 0.6) is 0 Å². The van der Waals surface area contributed by atoms with Crippen LogP contribution in [0.15, 0.2) is 34.9 Å². The highest BCUT2D eigenvalue weighted by Crippen LogP contribution is 2.45. The lowest BCUT2D eigenvalue weighted by Crippen LogP contribution is -2.50. The van der Waals surface area contributed by atoms with Crippen LogP contribution in [-0.2, 0) is 9.47 Å². The molecule has 1 aliphatic carbocycles. The Morgan fingerprint density at radius 1 is 1.03 bits per heavy atom. The van der Waals surface area contributed by atoms with Crippen molar-refractivity contribution in [2.45, 2.75) is 89.0 Å². The van der Waals surface area contributed by atoms with Gasteiger partial charge in [-0.3, -0.25) is 0 Å². The standard InChI is InChI=1S/C25H30N2O5/c1-25(2,3)31-24(29)27-17-11-12-18(27)14-19(13-17)30-23(28)20-21(15-7-5-4-6-8-15)26-32-22(20)16-9-10-16/h4-8,16-19H,9-14H2,1-3H3. The minimum atomic E-state index is -0.527. The monoisotopic (exact) mass is 438 g/mol. The lowest BCUT2D eigenvalue weighted by molar-refractivity contribution is -0.0226. The van der Waals surface area contributed by atoms with Gasteiger partial charge >= 0.3 is 12.1 Å². The number of carbonyl (C=O) groups is 2. The molecule has 1 amide bonds. The van der Waals surface area contributed by atoms with Gasteiger partial charge in [-0.05, 0) is 46.5 Å². The van der Waals surface area contributed by atoms with Crippen LogP contribution in [0.2, 0.25) is 0 Å². The zero-order valence-corrected chi connectivity index (χ0v) is 18.9. The number of rotatable bonds is 4. The number of benzene rings is 1. The van der Waals surface area contributed by atoms with Gasteiger partial charge in [-0.25, -0.2) is 9.59 Å². The highest BCUT2D eigenvalue weighted by Gasteiger charge is 2.46. The molecule has 0 spiro atoms. The lowest BCUT2D eigenvalue weighted by atomic mass is 9.99. The lowest BCUT2D eigenvalue weighted by Gasteiger charge is -2.39. The summed E-state index contributed by atoms with van der Waals surface area (Å²) in [5.74, 6) is 0.512. The number of piperidine rings is 1. The average molecular weight is 439 g/mol. The molecule has 2 atom stereocenters. The van der Waals surface area contributed by atoms with Gasteiger partial charge in [0.1, 0.15) is 23.0 Å². The third kappa shape index (κ3) is 4.12. The number of hydrogen-bond donors (Lipinski definition) is 0. The van der Waals surface area contributed by atoms with Crippen molar-refractivity contribution in [3.8, 4) is 11.3 Å². The summed E-state index contributed by atoms with van der Waals surface area (Å²) >= 11 is 0. The molecular formula is C25H30N2O5. The molecular weight excluding hydrogens is 408 g/mol. The van der Waals surface area contributed by atoms with Gasteiger partial charge in [0.25, 0.3) is 0 Å². The number of hydrogen-bond acceptors (Lipinski definition) is 6. The first-order valence-corrected chi connectivity index (χ1v) is 11.6. The Morgan fingerprint density at radius 2 is 1.69 bits per heavy atom. The summed E-state index contributed by atoms with van der Waals surface area (Å²) in [6, 6.07) is 9.69. The number of carbonyl (C=O) groups excluding carboxylic acids is 2. The van der Waals surface area contributed by atoms with Gasteiger partial charge in [-0.1, -0.05) is 35.5 Å². The van der Waals surface area contributed by atoms with Crippen LogP contribution in [0, 0.1) is 0 Å². The third-order valence-electron chi connectivity index (χ3n) is 6.49.